The number of hydrogen-bond donors (Lipinski definition) is 0. The molecule has 4 rings (SSSR count). The normalized spacial score (nSPS) is 18.1. The Hall–Kier alpha value is -1.94. The molecule has 0 aliphatic carbocycles. The zero-order valence-corrected chi connectivity index (χ0v) is 21.5. The highest BCUT2D eigenvalue weighted by molar-refractivity contribution is 6.76. The lowest BCUT2D eigenvalue weighted by Gasteiger charge is -2.32. The van der Waals surface area contributed by atoms with E-state index in [2.05, 4.69) is 58.4 Å². The number of rotatable bonds is 7. The highest BCUT2D eigenvalue weighted by Gasteiger charge is 2.52. The molecule has 9 heteroatoms. The van der Waals surface area contributed by atoms with Crippen LogP contribution in [-0.2, 0) is 20.8 Å². The van der Waals surface area contributed by atoms with Crippen LogP contribution in [0.1, 0.15) is 33.4 Å². The topological polar surface area (TPSA) is 71.5 Å². The van der Waals surface area contributed by atoms with Gasteiger partial charge in [-0.1, -0.05) is 19.6 Å². The molecular weight excluding hydrogens is 421 g/mol. The molecule has 1 saturated heterocycles. The minimum atomic E-state index is -1.16. The average Bonchev–Trinajstić information content (AvgIpc) is 3.32. The van der Waals surface area contributed by atoms with Crippen molar-refractivity contribution in [2.24, 2.45) is 0 Å². The van der Waals surface area contributed by atoms with Gasteiger partial charge >= 0.3 is 7.12 Å². The molecule has 0 saturated carbocycles. The average molecular weight is 455 g/mol. The second-order valence-corrected chi connectivity index (χ2v) is 16.4. The second-order valence-electron chi connectivity index (χ2n) is 10.8. The van der Waals surface area contributed by atoms with E-state index in [1.54, 1.807) is 0 Å². The molecular formula is C23H34BN3O4Si. The molecule has 0 radical (unpaired) electrons. The summed E-state index contributed by atoms with van der Waals surface area (Å²) < 4.78 is 26.3. The number of ether oxygens (including phenoxy) is 1. The van der Waals surface area contributed by atoms with Crippen LogP contribution in [0, 0.1) is 6.92 Å². The Bertz CT molecular complexity index is 1100. The Labute approximate surface area is 191 Å². The molecule has 0 atom stereocenters. The van der Waals surface area contributed by atoms with Gasteiger partial charge in [0.2, 0.25) is 0 Å². The summed E-state index contributed by atoms with van der Waals surface area (Å²) in [6.07, 6.45) is 3.50. The minimum absolute atomic E-state index is 0.412. The van der Waals surface area contributed by atoms with E-state index in [9.17, 15) is 0 Å². The fourth-order valence-corrected chi connectivity index (χ4v) is 4.42. The van der Waals surface area contributed by atoms with Crippen molar-refractivity contribution in [2.45, 2.75) is 78.2 Å². The highest BCUT2D eigenvalue weighted by atomic mass is 28.3. The van der Waals surface area contributed by atoms with Crippen molar-refractivity contribution in [3.8, 4) is 11.5 Å². The number of aromatic nitrogens is 3. The van der Waals surface area contributed by atoms with Crippen molar-refractivity contribution >= 4 is 31.7 Å². The zero-order valence-electron chi connectivity index (χ0n) is 20.5. The second kappa shape index (κ2) is 8.13. The Morgan fingerprint density at radius 2 is 1.78 bits per heavy atom. The molecule has 0 spiro atoms. The number of nitrogens with zero attached hydrogens (tertiary/aromatic N) is 3. The summed E-state index contributed by atoms with van der Waals surface area (Å²) in [5, 5.41) is 0.984. The van der Waals surface area contributed by atoms with Crippen LogP contribution >= 0.6 is 0 Å². The standard InChI is InChI=1S/C23H34BN3O4Si/c1-16-20(29-14-25-16)19-10-9-17-18(24-30-22(2,3)23(4,5)31-24)13-27(21(17)26-19)15-28-11-12-32(6,7)8/h9-10,13-14H,11-12,15H2,1-8H3. The predicted molar refractivity (Wildman–Crippen MR) is 130 cm³/mol. The van der Waals surface area contributed by atoms with Crippen molar-refractivity contribution < 1.29 is 18.5 Å². The molecule has 1 aliphatic heterocycles. The fourth-order valence-electron chi connectivity index (χ4n) is 3.66. The van der Waals surface area contributed by atoms with Gasteiger partial charge in [0.1, 0.15) is 18.1 Å². The Morgan fingerprint density at radius 3 is 2.38 bits per heavy atom. The SMILES string of the molecule is Cc1ncoc1-c1ccc2c(B3OC(C)(C)C(C)(C)O3)cn(COCC[Si](C)(C)C)c2n1. The summed E-state index contributed by atoms with van der Waals surface area (Å²) in [6, 6.07) is 5.13. The molecule has 172 valence electrons. The van der Waals surface area contributed by atoms with E-state index < -0.39 is 26.4 Å². The van der Waals surface area contributed by atoms with Gasteiger partial charge in [-0.15, -0.1) is 0 Å². The summed E-state index contributed by atoms with van der Waals surface area (Å²) in [5.74, 6) is 0.677. The van der Waals surface area contributed by atoms with E-state index in [1.165, 1.54) is 6.39 Å². The van der Waals surface area contributed by atoms with Crippen LogP contribution in [0.15, 0.2) is 29.1 Å². The largest absolute Gasteiger partial charge is 0.497 e. The van der Waals surface area contributed by atoms with Crippen LogP contribution in [0.2, 0.25) is 25.7 Å². The highest BCUT2D eigenvalue weighted by Crippen LogP contribution is 2.37. The quantitative estimate of drug-likeness (QED) is 0.383. The summed E-state index contributed by atoms with van der Waals surface area (Å²) in [7, 11) is -1.63. The van der Waals surface area contributed by atoms with Gasteiger partial charge in [0, 0.05) is 31.7 Å². The first-order chi connectivity index (χ1) is 14.9. The maximum atomic E-state index is 6.34. The molecule has 0 N–H and O–H groups in total. The van der Waals surface area contributed by atoms with E-state index in [1.807, 2.05) is 23.8 Å². The third-order valence-corrected chi connectivity index (χ3v) is 8.17. The smallest absolute Gasteiger partial charge is 0.442 e. The lowest BCUT2D eigenvalue weighted by atomic mass is 9.79. The summed E-state index contributed by atoms with van der Waals surface area (Å²) in [6.45, 7) is 18.4. The van der Waals surface area contributed by atoms with E-state index in [-0.39, 0.29) is 0 Å². The number of aryl methyl sites for hydroxylation is 1. The monoisotopic (exact) mass is 455 g/mol. The fraction of sp³-hybridized carbons (Fsp3) is 0.565. The van der Waals surface area contributed by atoms with Gasteiger partial charge in [-0.3, -0.25) is 0 Å². The van der Waals surface area contributed by atoms with Crippen molar-refractivity contribution in [1.29, 1.82) is 0 Å². The third-order valence-electron chi connectivity index (χ3n) is 6.47. The van der Waals surface area contributed by atoms with Gasteiger partial charge in [-0.2, -0.15) is 0 Å². The van der Waals surface area contributed by atoms with Gasteiger partial charge in [-0.05, 0) is 52.8 Å². The lowest BCUT2D eigenvalue weighted by molar-refractivity contribution is 0.00578. The van der Waals surface area contributed by atoms with Crippen molar-refractivity contribution in [3.05, 3.63) is 30.4 Å². The van der Waals surface area contributed by atoms with E-state index in [4.69, 9.17) is 23.4 Å². The molecule has 3 aromatic rings. The maximum absolute atomic E-state index is 6.34. The van der Waals surface area contributed by atoms with Gasteiger partial charge in [0.05, 0.1) is 16.9 Å². The summed E-state index contributed by atoms with van der Waals surface area (Å²) in [5.41, 5.74) is 2.51. The minimum Gasteiger partial charge on any atom is -0.442 e. The number of pyridine rings is 1. The first-order valence-electron chi connectivity index (χ1n) is 11.2. The van der Waals surface area contributed by atoms with Crippen molar-refractivity contribution in [3.63, 3.8) is 0 Å². The maximum Gasteiger partial charge on any atom is 0.497 e. The van der Waals surface area contributed by atoms with Gasteiger partial charge in [0.15, 0.2) is 12.2 Å². The summed E-state index contributed by atoms with van der Waals surface area (Å²) >= 11 is 0. The molecule has 1 fully saturated rings. The Kier molecular flexibility index (Phi) is 5.90. The summed E-state index contributed by atoms with van der Waals surface area (Å²) in [4.78, 5) is 9.12. The van der Waals surface area contributed by atoms with Crippen LogP contribution in [-0.4, -0.2) is 47.5 Å². The molecule has 1 aliphatic rings. The third kappa shape index (κ3) is 4.44. The number of fused-ring (bicyclic) bond motifs is 1. The van der Waals surface area contributed by atoms with E-state index in [0.29, 0.717) is 12.5 Å². The molecule has 0 amide bonds. The van der Waals surface area contributed by atoms with Gasteiger partial charge in [0.25, 0.3) is 0 Å². The molecule has 4 heterocycles. The van der Waals surface area contributed by atoms with Crippen LogP contribution in [0.4, 0.5) is 0 Å². The number of oxazole rings is 1. The van der Waals surface area contributed by atoms with Gasteiger partial charge in [-0.25, -0.2) is 9.97 Å². The lowest BCUT2D eigenvalue weighted by Crippen LogP contribution is -2.41. The molecule has 0 unspecified atom stereocenters. The zero-order chi connectivity index (χ0) is 23.3. The van der Waals surface area contributed by atoms with E-state index >= 15 is 0 Å². The first kappa shape index (κ1) is 23.2. The Balaban J connectivity index is 1.70. The predicted octanol–water partition coefficient (Wildman–Crippen LogP) is 4.61. The van der Waals surface area contributed by atoms with Crippen molar-refractivity contribution in [1.82, 2.24) is 14.5 Å². The molecule has 0 aromatic carbocycles. The van der Waals surface area contributed by atoms with Crippen LogP contribution in [0.5, 0.6) is 0 Å². The molecule has 32 heavy (non-hydrogen) atoms. The first-order valence-corrected chi connectivity index (χ1v) is 14.9. The molecule has 7 nitrogen and oxygen atoms in total. The Morgan fingerprint density at radius 1 is 1.09 bits per heavy atom. The molecule has 3 aromatic heterocycles. The number of hydrogen-bond acceptors (Lipinski definition) is 6. The van der Waals surface area contributed by atoms with Gasteiger partial charge < -0.3 is 23.0 Å². The van der Waals surface area contributed by atoms with Crippen LogP contribution in [0.25, 0.3) is 22.5 Å². The van der Waals surface area contributed by atoms with Crippen molar-refractivity contribution in [2.75, 3.05) is 6.61 Å². The van der Waals surface area contributed by atoms with Crippen LogP contribution < -0.4 is 5.46 Å². The van der Waals surface area contributed by atoms with E-state index in [0.717, 1.165) is 40.5 Å². The molecule has 0 bridgehead atoms. The van der Waals surface area contributed by atoms with Crippen LogP contribution in [0.3, 0.4) is 0 Å².